The zero-order valence-corrected chi connectivity index (χ0v) is 14.2. The van der Waals surface area contributed by atoms with Gasteiger partial charge in [0.2, 0.25) is 0 Å². The first-order valence-corrected chi connectivity index (χ1v) is 7.87. The molecule has 1 aliphatic heterocycles. The number of esters is 1. The average Bonchev–Trinajstić information content (AvgIpc) is 3.19. The van der Waals surface area contributed by atoms with Gasteiger partial charge in [-0.25, -0.2) is 4.79 Å². The standard InChI is InChI=1S/C19H18N2O2.ClH/c1-23-19(22)16-10-11-17(20-16)21-18-14-8-4-2-6-12(14)13-7-3-5-9-15(13)18;/h2-9,16,18H,10-11H2,1H3,(H,20,21);1H. The van der Waals surface area contributed by atoms with Gasteiger partial charge in [0, 0.05) is 6.42 Å². The molecule has 4 rings (SSSR count). The summed E-state index contributed by atoms with van der Waals surface area (Å²) in [5, 5.41) is 3.21. The van der Waals surface area contributed by atoms with Crippen LogP contribution in [0.5, 0.6) is 0 Å². The molecule has 0 amide bonds. The minimum absolute atomic E-state index is 0. The second-order valence-corrected chi connectivity index (χ2v) is 5.91. The number of ether oxygens (including phenoxy) is 1. The van der Waals surface area contributed by atoms with Gasteiger partial charge >= 0.3 is 5.97 Å². The molecule has 2 aromatic carbocycles. The molecule has 0 saturated carbocycles. The number of nitrogens with zero attached hydrogens (tertiary/aromatic N) is 1. The molecular weight excluding hydrogens is 324 g/mol. The van der Waals surface area contributed by atoms with Crippen LogP contribution in [0.15, 0.2) is 53.5 Å². The van der Waals surface area contributed by atoms with Gasteiger partial charge in [-0.05, 0) is 28.7 Å². The fourth-order valence-electron chi connectivity index (χ4n) is 3.47. The number of methoxy groups -OCH3 is 1. The minimum Gasteiger partial charge on any atom is -0.467 e. The number of fused-ring (bicyclic) bond motifs is 3. The van der Waals surface area contributed by atoms with Crippen LogP contribution in [0.3, 0.4) is 0 Å². The third kappa shape index (κ3) is 2.67. The fraction of sp³-hybridized carbons (Fsp3) is 0.263. The topological polar surface area (TPSA) is 50.7 Å². The van der Waals surface area contributed by atoms with E-state index in [0.29, 0.717) is 0 Å². The van der Waals surface area contributed by atoms with Crippen LogP contribution in [0.25, 0.3) is 11.1 Å². The van der Waals surface area contributed by atoms with Crippen molar-refractivity contribution in [1.29, 1.82) is 0 Å². The van der Waals surface area contributed by atoms with E-state index in [2.05, 4.69) is 53.8 Å². The van der Waals surface area contributed by atoms with Crippen molar-refractivity contribution < 1.29 is 9.53 Å². The summed E-state index contributed by atoms with van der Waals surface area (Å²) in [6.45, 7) is 0. The number of rotatable bonds is 2. The summed E-state index contributed by atoms with van der Waals surface area (Å²) in [6.07, 6.45) is 1.52. The molecule has 1 aliphatic carbocycles. The summed E-state index contributed by atoms with van der Waals surface area (Å²) in [6, 6.07) is 16.5. The SMILES string of the molecule is COC(=O)C1CCC(=NC2c3ccccc3-c3ccccc32)N1.Cl. The summed E-state index contributed by atoms with van der Waals surface area (Å²) in [5.41, 5.74) is 4.95. The van der Waals surface area contributed by atoms with Crippen molar-refractivity contribution in [2.45, 2.75) is 24.9 Å². The normalized spacial score (nSPS) is 20.0. The molecule has 24 heavy (non-hydrogen) atoms. The van der Waals surface area contributed by atoms with E-state index < -0.39 is 0 Å². The fourth-order valence-corrected chi connectivity index (χ4v) is 3.47. The highest BCUT2D eigenvalue weighted by Gasteiger charge is 2.31. The maximum absolute atomic E-state index is 11.7. The van der Waals surface area contributed by atoms with Crippen molar-refractivity contribution in [2.75, 3.05) is 7.11 Å². The number of hydrogen-bond acceptors (Lipinski definition) is 3. The number of aliphatic imine (C=N–C) groups is 1. The van der Waals surface area contributed by atoms with E-state index in [0.717, 1.165) is 18.7 Å². The van der Waals surface area contributed by atoms with E-state index in [4.69, 9.17) is 9.73 Å². The van der Waals surface area contributed by atoms with E-state index in [-0.39, 0.29) is 30.5 Å². The van der Waals surface area contributed by atoms with Gasteiger partial charge in [-0.15, -0.1) is 12.4 Å². The highest BCUT2D eigenvalue weighted by Crippen LogP contribution is 2.45. The summed E-state index contributed by atoms with van der Waals surface area (Å²) < 4.78 is 4.81. The Morgan fingerprint density at radius 3 is 2.25 bits per heavy atom. The van der Waals surface area contributed by atoms with E-state index in [1.807, 2.05) is 0 Å². The third-order valence-electron chi connectivity index (χ3n) is 4.58. The van der Waals surface area contributed by atoms with Gasteiger partial charge in [0.1, 0.15) is 12.1 Å². The Morgan fingerprint density at radius 1 is 1.08 bits per heavy atom. The molecule has 1 atom stereocenters. The predicted molar refractivity (Wildman–Crippen MR) is 96.6 cm³/mol. The Labute approximate surface area is 147 Å². The van der Waals surface area contributed by atoms with Crippen molar-refractivity contribution >= 4 is 24.2 Å². The molecule has 1 N–H and O–H groups in total. The number of amidine groups is 1. The molecule has 0 bridgehead atoms. The lowest BCUT2D eigenvalue weighted by Crippen LogP contribution is -2.34. The zero-order chi connectivity index (χ0) is 15.8. The van der Waals surface area contributed by atoms with Crippen molar-refractivity contribution in [2.24, 2.45) is 4.99 Å². The van der Waals surface area contributed by atoms with E-state index in [9.17, 15) is 4.79 Å². The lowest BCUT2D eigenvalue weighted by Gasteiger charge is -2.11. The van der Waals surface area contributed by atoms with E-state index >= 15 is 0 Å². The van der Waals surface area contributed by atoms with Crippen molar-refractivity contribution in [3.8, 4) is 11.1 Å². The number of carbonyl (C=O) groups is 1. The van der Waals surface area contributed by atoms with Crippen molar-refractivity contribution in [3.05, 3.63) is 59.7 Å². The largest absolute Gasteiger partial charge is 0.467 e. The first kappa shape index (κ1) is 16.5. The summed E-state index contributed by atoms with van der Waals surface area (Å²) in [4.78, 5) is 16.6. The smallest absolute Gasteiger partial charge is 0.328 e. The first-order chi connectivity index (χ1) is 11.3. The van der Waals surface area contributed by atoms with Gasteiger partial charge in [-0.1, -0.05) is 48.5 Å². The summed E-state index contributed by atoms with van der Waals surface area (Å²) in [5.74, 6) is 0.666. The molecule has 2 aromatic rings. The average molecular weight is 343 g/mol. The first-order valence-electron chi connectivity index (χ1n) is 7.87. The monoisotopic (exact) mass is 342 g/mol. The number of carbonyl (C=O) groups excluding carboxylic acids is 1. The molecule has 5 heteroatoms. The minimum atomic E-state index is -0.273. The molecule has 0 aromatic heterocycles. The number of nitrogens with one attached hydrogen (secondary N) is 1. The van der Waals surface area contributed by atoms with Crippen LogP contribution in [-0.2, 0) is 9.53 Å². The van der Waals surface area contributed by atoms with Gasteiger partial charge in [0.25, 0.3) is 0 Å². The van der Waals surface area contributed by atoms with Crippen molar-refractivity contribution in [1.82, 2.24) is 5.32 Å². The van der Waals surface area contributed by atoms with Gasteiger partial charge < -0.3 is 10.1 Å². The molecule has 0 spiro atoms. The molecule has 1 fully saturated rings. The molecule has 2 aliphatic rings. The lowest BCUT2D eigenvalue weighted by atomic mass is 10.1. The van der Waals surface area contributed by atoms with E-state index in [1.54, 1.807) is 0 Å². The molecule has 124 valence electrons. The molecule has 0 radical (unpaired) electrons. The predicted octanol–water partition coefficient (Wildman–Crippen LogP) is 3.50. The Bertz CT molecular complexity index is 758. The maximum atomic E-state index is 11.7. The highest BCUT2D eigenvalue weighted by atomic mass is 35.5. The van der Waals surface area contributed by atoms with Crippen LogP contribution in [0.4, 0.5) is 0 Å². The number of halogens is 1. The van der Waals surface area contributed by atoms with Crippen LogP contribution in [0, 0.1) is 0 Å². The van der Waals surface area contributed by atoms with Crippen LogP contribution in [0.1, 0.15) is 30.0 Å². The van der Waals surface area contributed by atoms with Gasteiger partial charge in [-0.3, -0.25) is 4.99 Å². The molecule has 1 unspecified atom stereocenters. The summed E-state index contributed by atoms with van der Waals surface area (Å²) >= 11 is 0. The molecule has 1 heterocycles. The van der Waals surface area contributed by atoms with Crippen LogP contribution in [0.2, 0.25) is 0 Å². The lowest BCUT2D eigenvalue weighted by molar-refractivity contribution is -0.142. The number of hydrogen-bond donors (Lipinski definition) is 1. The molecular formula is C19H19ClN2O2. The second-order valence-electron chi connectivity index (χ2n) is 5.91. The Hall–Kier alpha value is -2.33. The van der Waals surface area contributed by atoms with E-state index in [1.165, 1.54) is 29.4 Å². The molecule has 1 saturated heterocycles. The second kappa shape index (κ2) is 6.65. The van der Waals surface area contributed by atoms with Crippen LogP contribution in [-0.4, -0.2) is 25.0 Å². The maximum Gasteiger partial charge on any atom is 0.328 e. The highest BCUT2D eigenvalue weighted by molar-refractivity contribution is 5.92. The Balaban J connectivity index is 0.00000169. The van der Waals surface area contributed by atoms with Gasteiger partial charge in [-0.2, -0.15) is 0 Å². The van der Waals surface area contributed by atoms with Gasteiger partial charge in [0.15, 0.2) is 0 Å². The summed E-state index contributed by atoms with van der Waals surface area (Å²) in [7, 11) is 1.42. The Morgan fingerprint density at radius 2 is 1.67 bits per heavy atom. The van der Waals surface area contributed by atoms with Crippen molar-refractivity contribution in [3.63, 3.8) is 0 Å². The molecule has 4 nitrogen and oxygen atoms in total. The zero-order valence-electron chi connectivity index (χ0n) is 13.4. The van der Waals surface area contributed by atoms with Gasteiger partial charge in [0.05, 0.1) is 12.9 Å². The van der Waals surface area contributed by atoms with Crippen LogP contribution < -0.4 is 5.32 Å². The van der Waals surface area contributed by atoms with Crippen LogP contribution >= 0.6 is 12.4 Å². The number of benzene rings is 2. The third-order valence-corrected chi connectivity index (χ3v) is 4.58. The Kier molecular flexibility index (Phi) is 4.58. The quantitative estimate of drug-likeness (QED) is 0.850.